The van der Waals surface area contributed by atoms with E-state index < -0.39 is 9.84 Å². The third kappa shape index (κ3) is 2.97. The summed E-state index contributed by atoms with van der Waals surface area (Å²) >= 11 is 0. The van der Waals surface area contributed by atoms with Crippen LogP contribution < -0.4 is 0 Å². The van der Waals surface area contributed by atoms with Crippen molar-refractivity contribution in [2.75, 3.05) is 0 Å². The van der Waals surface area contributed by atoms with Gasteiger partial charge in [0, 0.05) is 18.0 Å². The van der Waals surface area contributed by atoms with Gasteiger partial charge in [0.2, 0.25) is 9.84 Å². The lowest BCUT2D eigenvalue weighted by molar-refractivity contribution is 0.594. The second-order valence-electron chi connectivity index (χ2n) is 9.89. The van der Waals surface area contributed by atoms with Crippen LogP contribution in [0.15, 0.2) is 119 Å². The standard InChI is InChI=1S/C33H21N3O2S/c1-20-35-27-13-6-14-29-33(27)36(20)28-16-15-21(18-30(28)39(29,37)38)31-23-9-2-4-11-25(23)32(22-8-7-17-34-19-22)26-12-5-3-10-24(26)31/h2-19H,1H3. The van der Waals surface area contributed by atoms with Crippen LogP contribution in [0.5, 0.6) is 0 Å². The molecule has 7 aromatic rings. The van der Waals surface area contributed by atoms with Crippen LogP contribution in [0.3, 0.4) is 0 Å². The second-order valence-corrected chi connectivity index (χ2v) is 11.8. The van der Waals surface area contributed by atoms with Crippen molar-refractivity contribution in [3.8, 4) is 27.9 Å². The van der Waals surface area contributed by atoms with E-state index in [1.54, 1.807) is 18.3 Å². The summed E-state index contributed by atoms with van der Waals surface area (Å²) in [5.41, 5.74) is 6.00. The quantitative estimate of drug-likeness (QED) is 0.220. The average Bonchev–Trinajstić information content (AvgIpc) is 3.31. The second kappa shape index (κ2) is 7.85. The predicted octanol–water partition coefficient (Wildman–Crippen LogP) is 7.52. The van der Waals surface area contributed by atoms with E-state index in [0.29, 0.717) is 26.5 Å². The Balaban J connectivity index is 1.49. The molecule has 2 aromatic heterocycles. The van der Waals surface area contributed by atoms with Gasteiger partial charge in [0.05, 0.1) is 26.5 Å². The molecular weight excluding hydrogens is 502 g/mol. The van der Waals surface area contributed by atoms with Crippen LogP contribution in [0.1, 0.15) is 5.82 Å². The molecule has 0 unspecified atom stereocenters. The Bertz CT molecular complexity index is 2190. The van der Waals surface area contributed by atoms with Gasteiger partial charge in [-0.05, 0) is 75.5 Å². The van der Waals surface area contributed by atoms with Gasteiger partial charge >= 0.3 is 0 Å². The van der Waals surface area contributed by atoms with E-state index >= 15 is 0 Å². The van der Waals surface area contributed by atoms with Gasteiger partial charge in [0.1, 0.15) is 5.82 Å². The third-order valence-electron chi connectivity index (χ3n) is 7.76. The Kier molecular flexibility index (Phi) is 4.47. The molecule has 1 aliphatic heterocycles. The maximum absolute atomic E-state index is 14.0. The Morgan fingerprint density at radius 2 is 1.33 bits per heavy atom. The molecule has 8 rings (SSSR count). The molecule has 0 amide bonds. The molecule has 6 heteroatoms. The molecule has 186 valence electrons. The Labute approximate surface area is 224 Å². The van der Waals surface area contributed by atoms with Gasteiger partial charge in [0.25, 0.3) is 0 Å². The van der Waals surface area contributed by atoms with Crippen LogP contribution in [0.4, 0.5) is 0 Å². The largest absolute Gasteiger partial charge is 0.294 e. The molecule has 0 N–H and O–H groups in total. The van der Waals surface area contributed by atoms with Crippen molar-refractivity contribution in [2.24, 2.45) is 0 Å². The Morgan fingerprint density at radius 1 is 0.667 bits per heavy atom. The normalized spacial score (nSPS) is 13.7. The molecule has 0 saturated heterocycles. The summed E-state index contributed by atoms with van der Waals surface area (Å²) < 4.78 is 30.0. The van der Waals surface area contributed by atoms with Crippen molar-refractivity contribution in [1.29, 1.82) is 0 Å². The van der Waals surface area contributed by atoms with E-state index in [-0.39, 0.29) is 0 Å². The molecular formula is C33H21N3O2S. The minimum absolute atomic E-state index is 0.297. The molecule has 39 heavy (non-hydrogen) atoms. The molecule has 0 bridgehead atoms. The number of rotatable bonds is 2. The number of aryl methyl sites for hydroxylation is 1. The van der Waals surface area contributed by atoms with Crippen molar-refractivity contribution in [2.45, 2.75) is 16.7 Å². The minimum Gasteiger partial charge on any atom is -0.294 e. The zero-order valence-corrected chi connectivity index (χ0v) is 21.8. The first kappa shape index (κ1) is 22.2. The summed E-state index contributed by atoms with van der Waals surface area (Å²) in [6.45, 7) is 1.91. The van der Waals surface area contributed by atoms with Gasteiger partial charge in [-0.1, -0.05) is 66.7 Å². The summed E-state index contributed by atoms with van der Waals surface area (Å²) in [7, 11) is -3.75. The first-order valence-electron chi connectivity index (χ1n) is 12.8. The number of aromatic nitrogens is 3. The molecule has 0 fully saturated rings. The third-order valence-corrected chi connectivity index (χ3v) is 9.57. The molecule has 0 spiro atoms. The number of imidazole rings is 1. The van der Waals surface area contributed by atoms with Crippen LogP contribution in [0, 0.1) is 6.92 Å². The van der Waals surface area contributed by atoms with Gasteiger partial charge in [-0.15, -0.1) is 0 Å². The fraction of sp³-hybridized carbons (Fsp3) is 0.0303. The maximum Gasteiger partial charge on any atom is 0.210 e. The smallest absolute Gasteiger partial charge is 0.210 e. The Morgan fingerprint density at radius 3 is 1.97 bits per heavy atom. The number of hydrogen-bond acceptors (Lipinski definition) is 4. The van der Waals surface area contributed by atoms with E-state index in [0.717, 1.165) is 49.6 Å². The zero-order chi connectivity index (χ0) is 26.3. The fourth-order valence-corrected chi connectivity index (χ4v) is 7.83. The van der Waals surface area contributed by atoms with Crippen LogP contribution in [-0.2, 0) is 9.84 Å². The topological polar surface area (TPSA) is 64.8 Å². The highest BCUT2D eigenvalue weighted by molar-refractivity contribution is 7.92. The Hall–Kier alpha value is -4.81. The van der Waals surface area contributed by atoms with E-state index in [9.17, 15) is 8.42 Å². The lowest BCUT2D eigenvalue weighted by Gasteiger charge is -2.22. The van der Waals surface area contributed by atoms with Crippen LogP contribution in [0.25, 0.3) is 60.5 Å². The summed E-state index contributed by atoms with van der Waals surface area (Å²) in [6.07, 6.45) is 3.68. The van der Waals surface area contributed by atoms with Crippen LogP contribution >= 0.6 is 0 Å². The highest BCUT2D eigenvalue weighted by atomic mass is 32.2. The molecule has 5 nitrogen and oxygen atoms in total. The fourth-order valence-electron chi connectivity index (χ4n) is 6.17. The average molecular weight is 524 g/mol. The highest BCUT2D eigenvalue weighted by Gasteiger charge is 2.33. The van der Waals surface area contributed by atoms with Gasteiger partial charge in [-0.25, -0.2) is 13.4 Å². The minimum atomic E-state index is -3.75. The van der Waals surface area contributed by atoms with E-state index in [2.05, 4.69) is 40.3 Å². The summed E-state index contributed by atoms with van der Waals surface area (Å²) in [6, 6.07) is 31.8. The molecule has 3 heterocycles. The number of para-hydroxylation sites is 1. The van der Waals surface area contributed by atoms with Gasteiger partial charge in [0.15, 0.2) is 0 Å². The first-order valence-corrected chi connectivity index (χ1v) is 14.2. The first-order chi connectivity index (χ1) is 19.0. The number of nitrogens with zero attached hydrogens (tertiary/aromatic N) is 3. The zero-order valence-electron chi connectivity index (χ0n) is 21.0. The van der Waals surface area contributed by atoms with Crippen LogP contribution in [0.2, 0.25) is 0 Å². The van der Waals surface area contributed by atoms with Crippen molar-refractivity contribution in [1.82, 2.24) is 14.5 Å². The maximum atomic E-state index is 14.0. The predicted molar refractivity (Wildman–Crippen MR) is 155 cm³/mol. The molecule has 5 aromatic carbocycles. The SMILES string of the molecule is Cc1nc2cccc3c2n1-c1ccc(-c2c4ccccc4c(-c4cccnc4)c4ccccc24)cc1S3(=O)=O. The van der Waals surface area contributed by atoms with Gasteiger partial charge in [-0.2, -0.15) is 0 Å². The number of fused-ring (bicyclic) bond motifs is 4. The molecule has 1 aliphatic rings. The van der Waals surface area contributed by atoms with E-state index in [4.69, 9.17) is 0 Å². The number of benzene rings is 5. The highest BCUT2D eigenvalue weighted by Crippen LogP contribution is 2.46. The van der Waals surface area contributed by atoms with E-state index in [1.807, 2.05) is 72.3 Å². The number of pyridine rings is 1. The van der Waals surface area contributed by atoms with Gasteiger partial charge in [-0.3, -0.25) is 9.55 Å². The molecule has 0 saturated carbocycles. The molecule has 0 aliphatic carbocycles. The van der Waals surface area contributed by atoms with E-state index in [1.165, 1.54) is 0 Å². The van der Waals surface area contributed by atoms with Crippen molar-refractivity contribution in [3.05, 3.63) is 115 Å². The number of hydrogen-bond donors (Lipinski definition) is 0. The monoisotopic (exact) mass is 523 g/mol. The van der Waals surface area contributed by atoms with Crippen molar-refractivity contribution < 1.29 is 8.42 Å². The lowest BCUT2D eigenvalue weighted by atomic mass is 9.86. The van der Waals surface area contributed by atoms with Crippen molar-refractivity contribution in [3.63, 3.8) is 0 Å². The summed E-state index contributed by atoms with van der Waals surface area (Å²) in [4.78, 5) is 9.62. The molecule has 0 atom stereocenters. The summed E-state index contributed by atoms with van der Waals surface area (Å²) in [5.74, 6) is 0.762. The van der Waals surface area contributed by atoms with Crippen molar-refractivity contribution >= 4 is 42.4 Å². The number of sulfone groups is 1. The molecule has 0 radical (unpaired) electrons. The summed E-state index contributed by atoms with van der Waals surface area (Å²) in [5, 5.41) is 4.31. The van der Waals surface area contributed by atoms with Gasteiger partial charge < -0.3 is 0 Å². The lowest BCUT2D eigenvalue weighted by Crippen LogP contribution is -2.15. The van der Waals surface area contributed by atoms with Crippen LogP contribution in [-0.4, -0.2) is 23.0 Å².